The van der Waals surface area contributed by atoms with Crippen molar-refractivity contribution in [2.75, 3.05) is 29.9 Å². The van der Waals surface area contributed by atoms with Gasteiger partial charge in [-0.3, -0.25) is 4.79 Å². The number of carbonyl (C=O) groups is 1. The van der Waals surface area contributed by atoms with Crippen molar-refractivity contribution in [2.45, 2.75) is 63.0 Å². The van der Waals surface area contributed by atoms with Crippen molar-refractivity contribution >= 4 is 17.3 Å². The lowest BCUT2D eigenvalue weighted by Crippen LogP contribution is -2.48. The summed E-state index contributed by atoms with van der Waals surface area (Å²) < 4.78 is 0. The van der Waals surface area contributed by atoms with Crippen LogP contribution < -0.4 is 15.5 Å². The summed E-state index contributed by atoms with van der Waals surface area (Å²) in [6.07, 6.45) is 11.1. The van der Waals surface area contributed by atoms with Gasteiger partial charge in [0.15, 0.2) is 0 Å². The number of nitrogens with zero attached hydrogens (tertiary/aromatic N) is 1. The third kappa shape index (κ3) is 6.19. The predicted molar refractivity (Wildman–Crippen MR) is 125 cm³/mol. The minimum Gasteiger partial charge on any atom is -0.388 e. The second-order valence-electron chi connectivity index (χ2n) is 8.87. The molecule has 5 heteroatoms. The maximum atomic E-state index is 12.3. The molecule has 1 heterocycles. The van der Waals surface area contributed by atoms with E-state index < -0.39 is 5.60 Å². The van der Waals surface area contributed by atoms with Gasteiger partial charge in [-0.15, -0.1) is 13.2 Å². The number of hydrogen-bond acceptors (Lipinski definition) is 4. The normalized spacial score (nSPS) is 18.4. The Balaban J connectivity index is 1.44. The van der Waals surface area contributed by atoms with Crippen molar-refractivity contribution < 1.29 is 9.90 Å². The van der Waals surface area contributed by atoms with Crippen molar-refractivity contribution in [1.82, 2.24) is 5.32 Å². The second kappa shape index (κ2) is 10.8. The number of nitrogens with one attached hydrogen (secondary N) is 2. The molecule has 1 saturated carbocycles. The number of piperidine rings is 1. The van der Waals surface area contributed by atoms with E-state index in [1.165, 1.54) is 18.5 Å². The van der Waals surface area contributed by atoms with E-state index in [9.17, 15) is 9.90 Å². The number of rotatable bonds is 10. The molecule has 0 bridgehead atoms. The summed E-state index contributed by atoms with van der Waals surface area (Å²) in [7, 11) is 0. The Labute approximate surface area is 181 Å². The molecule has 2 fully saturated rings. The van der Waals surface area contributed by atoms with Crippen LogP contribution >= 0.6 is 0 Å². The maximum Gasteiger partial charge on any atom is 0.227 e. The van der Waals surface area contributed by atoms with E-state index in [0.29, 0.717) is 25.4 Å². The van der Waals surface area contributed by atoms with Crippen LogP contribution in [0.4, 0.5) is 11.4 Å². The molecular weight excluding hydrogens is 374 g/mol. The average molecular weight is 412 g/mol. The smallest absolute Gasteiger partial charge is 0.227 e. The molecule has 0 atom stereocenters. The van der Waals surface area contributed by atoms with Gasteiger partial charge in [0, 0.05) is 43.0 Å². The number of aliphatic hydroxyl groups is 1. The van der Waals surface area contributed by atoms with Crippen LogP contribution in [-0.2, 0) is 4.79 Å². The van der Waals surface area contributed by atoms with Gasteiger partial charge >= 0.3 is 0 Å². The van der Waals surface area contributed by atoms with Crippen LogP contribution in [0.15, 0.2) is 49.6 Å². The molecule has 30 heavy (non-hydrogen) atoms. The van der Waals surface area contributed by atoms with Gasteiger partial charge < -0.3 is 20.6 Å². The second-order valence-corrected chi connectivity index (χ2v) is 8.87. The third-order valence-electron chi connectivity index (χ3n) is 6.49. The highest BCUT2D eigenvalue weighted by atomic mass is 16.3. The van der Waals surface area contributed by atoms with Gasteiger partial charge in [0.1, 0.15) is 0 Å². The maximum absolute atomic E-state index is 12.3. The minimum atomic E-state index is -0.792. The van der Waals surface area contributed by atoms with Crippen LogP contribution in [0, 0.1) is 5.92 Å². The first-order chi connectivity index (χ1) is 14.5. The van der Waals surface area contributed by atoms with Crippen LogP contribution in [0.5, 0.6) is 0 Å². The quantitative estimate of drug-likeness (QED) is 0.504. The molecule has 1 aromatic rings. The average Bonchev–Trinajstić information content (AvgIpc) is 3.29. The molecule has 0 radical (unpaired) electrons. The summed E-state index contributed by atoms with van der Waals surface area (Å²) in [5, 5.41) is 17.3. The van der Waals surface area contributed by atoms with Crippen LogP contribution in [0.2, 0.25) is 0 Å². The molecule has 2 aliphatic rings. The molecule has 0 aromatic heterocycles. The first kappa shape index (κ1) is 22.6. The number of anilines is 2. The van der Waals surface area contributed by atoms with E-state index in [1.54, 1.807) is 12.2 Å². The molecule has 0 spiro atoms. The summed E-state index contributed by atoms with van der Waals surface area (Å²) in [5.74, 6) is 0.354. The van der Waals surface area contributed by atoms with E-state index in [4.69, 9.17) is 0 Å². The highest BCUT2D eigenvalue weighted by Crippen LogP contribution is 2.27. The number of benzene rings is 1. The molecule has 1 aliphatic heterocycles. The Kier molecular flexibility index (Phi) is 8.11. The zero-order chi connectivity index (χ0) is 21.4. The lowest BCUT2D eigenvalue weighted by Gasteiger charge is -2.36. The Hall–Kier alpha value is -2.11. The number of carbonyl (C=O) groups excluding carboxylic acids is 1. The molecule has 5 nitrogen and oxygen atoms in total. The van der Waals surface area contributed by atoms with E-state index >= 15 is 0 Å². The largest absolute Gasteiger partial charge is 0.388 e. The van der Waals surface area contributed by atoms with Crippen LogP contribution in [0.1, 0.15) is 51.4 Å². The lowest BCUT2D eigenvalue weighted by atomic mass is 9.94. The van der Waals surface area contributed by atoms with Gasteiger partial charge in [0.2, 0.25) is 5.91 Å². The third-order valence-corrected chi connectivity index (χ3v) is 6.49. The highest BCUT2D eigenvalue weighted by molar-refractivity contribution is 5.92. The van der Waals surface area contributed by atoms with Gasteiger partial charge in [-0.1, -0.05) is 25.0 Å². The van der Waals surface area contributed by atoms with Gasteiger partial charge in [-0.05, 0) is 62.8 Å². The van der Waals surface area contributed by atoms with Crippen molar-refractivity contribution in [1.29, 1.82) is 0 Å². The van der Waals surface area contributed by atoms with Gasteiger partial charge in [-0.25, -0.2) is 0 Å². The zero-order valence-corrected chi connectivity index (χ0v) is 18.1. The minimum absolute atomic E-state index is 0.167. The van der Waals surface area contributed by atoms with Crippen molar-refractivity contribution in [3.05, 3.63) is 49.6 Å². The highest BCUT2D eigenvalue weighted by Gasteiger charge is 2.27. The fraction of sp³-hybridized carbons (Fsp3) is 0.560. The molecular formula is C25H37N3O2. The Morgan fingerprint density at radius 3 is 2.23 bits per heavy atom. The number of amides is 1. The first-order valence-electron chi connectivity index (χ1n) is 11.4. The summed E-state index contributed by atoms with van der Waals surface area (Å²) in [6.45, 7) is 10.0. The molecule has 1 aliphatic carbocycles. The monoisotopic (exact) mass is 411 g/mol. The van der Waals surface area contributed by atoms with Crippen molar-refractivity contribution in [2.24, 2.45) is 5.92 Å². The van der Waals surface area contributed by atoms with E-state index in [1.807, 2.05) is 12.1 Å². The molecule has 1 saturated heterocycles. The summed E-state index contributed by atoms with van der Waals surface area (Å²) in [6, 6.07) is 8.64. The van der Waals surface area contributed by atoms with Gasteiger partial charge in [-0.2, -0.15) is 0 Å². The van der Waals surface area contributed by atoms with E-state index in [0.717, 1.165) is 44.5 Å². The molecule has 164 valence electrons. The Morgan fingerprint density at radius 1 is 1.07 bits per heavy atom. The fourth-order valence-electron chi connectivity index (χ4n) is 4.63. The molecule has 3 rings (SSSR count). The molecule has 1 aromatic carbocycles. The lowest BCUT2D eigenvalue weighted by molar-refractivity contribution is -0.119. The van der Waals surface area contributed by atoms with Gasteiger partial charge in [0.25, 0.3) is 0 Å². The Morgan fingerprint density at radius 2 is 1.67 bits per heavy atom. The zero-order valence-electron chi connectivity index (χ0n) is 18.1. The van der Waals surface area contributed by atoms with Crippen molar-refractivity contribution in [3.63, 3.8) is 0 Å². The van der Waals surface area contributed by atoms with Crippen LogP contribution in [0.25, 0.3) is 0 Å². The predicted octanol–water partition coefficient (Wildman–Crippen LogP) is 4.26. The SMILES string of the molecule is C=CCC(O)(CC=C)CNC1CCN(c2ccc(NC(=O)C3CCCC3)cc2)CC1. The standard InChI is InChI=1S/C25H37N3O2/c1-3-15-25(30,16-4-2)19-26-21-13-17-28(18-14-21)23-11-9-22(10-12-23)27-24(29)20-7-5-6-8-20/h3-4,9-12,20-21,26,30H,1-2,5-8,13-19H2,(H,27,29). The van der Waals surface area contributed by atoms with Crippen LogP contribution in [0.3, 0.4) is 0 Å². The summed E-state index contributed by atoms with van der Waals surface area (Å²) in [4.78, 5) is 14.7. The van der Waals surface area contributed by atoms with E-state index in [2.05, 4.69) is 40.8 Å². The first-order valence-corrected chi connectivity index (χ1v) is 11.4. The summed E-state index contributed by atoms with van der Waals surface area (Å²) >= 11 is 0. The molecule has 3 N–H and O–H groups in total. The van der Waals surface area contributed by atoms with Crippen molar-refractivity contribution in [3.8, 4) is 0 Å². The molecule has 1 amide bonds. The summed E-state index contributed by atoms with van der Waals surface area (Å²) in [5.41, 5.74) is 1.29. The Bertz CT molecular complexity index is 692. The fourth-order valence-corrected chi connectivity index (χ4v) is 4.63. The number of hydrogen-bond donors (Lipinski definition) is 3. The van der Waals surface area contributed by atoms with Gasteiger partial charge in [0.05, 0.1) is 5.60 Å². The van der Waals surface area contributed by atoms with Crippen LogP contribution in [-0.4, -0.2) is 42.3 Å². The molecule has 0 unspecified atom stereocenters. The topological polar surface area (TPSA) is 64.6 Å². The van der Waals surface area contributed by atoms with E-state index in [-0.39, 0.29) is 11.8 Å².